The highest BCUT2D eigenvalue weighted by atomic mass is 16.7. The molecule has 0 saturated heterocycles. The maximum atomic E-state index is 12.8. The number of anilines is 1. The second kappa shape index (κ2) is 9.26. The molecule has 0 fully saturated rings. The Morgan fingerprint density at radius 3 is 2.14 bits per heavy atom. The fraction of sp³-hybridized carbons (Fsp3) is 0.217. The molecule has 0 amide bonds. The Morgan fingerprint density at radius 2 is 1.54 bits per heavy atom. The predicted molar refractivity (Wildman–Crippen MR) is 109 cm³/mol. The third-order valence-corrected chi connectivity index (χ3v) is 4.19. The van der Waals surface area contributed by atoms with Crippen molar-refractivity contribution in [1.82, 2.24) is 4.98 Å². The third-order valence-electron chi connectivity index (χ3n) is 4.19. The first-order chi connectivity index (χ1) is 13.7. The summed E-state index contributed by atoms with van der Waals surface area (Å²) in [5.41, 5.74) is 2.44. The van der Waals surface area contributed by atoms with Crippen LogP contribution in [-0.4, -0.2) is 24.0 Å². The molecule has 144 valence electrons. The average molecular weight is 376 g/mol. The van der Waals surface area contributed by atoms with Crippen LogP contribution in [0.25, 0.3) is 0 Å². The van der Waals surface area contributed by atoms with Crippen LogP contribution in [0.3, 0.4) is 0 Å². The highest BCUT2D eigenvalue weighted by Crippen LogP contribution is 2.30. The number of carbonyl (C=O) groups is 1. The van der Waals surface area contributed by atoms with Gasteiger partial charge in [0.05, 0.1) is 0 Å². The molecule has 0 aliphatic heterocycles. The Bertz CT molecular complexity index is 892. The molecule has 0 saturated carbocycles. The Hall–Kier alpha value is -3.02. The molecule has 0 aliphatic rings. The Balaban J connectivity index is 2.01. The first-order valence-corrected chi connectivity index (χ1v) is 9.36. The van der Waals surface area contributed by atoms with Gasteiger partial charge in [-0.05, 0) is 38.1 Å². The van der Waals surface area contributed by atoms with Gasteiger partial charge in [-0.1, -0.05) is 48.5 Å². The van der Waals surface area contributed by atoms with Crippen molar-refractivity contribution in [3.63, 3.8) is 0 Å². The van der Waals surface area contributed by atoms with Gasteiger partial charge in [-0.2, -0.15) is 0 Å². The smallest absolute Gasteiger partial charge is 0.277 e. The minimum atomic E-state index is -1.22. The zero-order chi connectivity index (χ0) is 19.8. The lowest BCUT2D eigenvalue weighted by atomic mass is 10.0. The molecule has 0 bridgehead atoms. The Morgan fingerprint density at radius 1 is 0.929 bits per heavy atom. The average Bonchev–Trinajstić information content (AvgIpc) is 2.75. The number of carbonyl (C=O) groups excluding carboxylic acids is 1. The SMILES string of the molecule is CCOC(Nc1ccccc1)(OCC)c1ccnc(C(=O)c2ccccc2)c1. The Labute approximate surface area is 165 Å². The molecular weight excluding hydrogens is 352 g/mol. The van der Waals surface area contributed by atoms with E-state index in [2.05, 4.69) is 10.3 Å². The second-order valence-electron chi connectivity index (χ2n) is 6.10. The van der Waals surface area contributed by atoms with Crippen molar-refractivity contribution in [3.8, 4) is 0 Å². The fourth-order valence-corrected chi connectivity index (χ4v) is 2.97. The number of rotatable bonds is 9. The van der Waals surface area contributed by atoms with Gasteiger partial charge in [-0.15, -0.1) is 0 Å². The van der Waals surface area contributed by atoms with Crippen molar-refractivity contribution in [2.75, 3.05) is 18.5 Å². The first kappa shape index (κ1) is 19.7. The lowest BCUT2D eigenvalue weighted by Crippen LogP contribution is -2.41. The van der Waals surface area contributed by atoms with Gasteiger partial charge in [-0.25, -0.2) is 0 Å². The van der Waals surface area contributed by atoms with Crippen molar-refractivity contribution in [1.29, 1.82) is 0 Å². The lowest BCUT2D eigenvalue weighted by molar-refractivity contribution is -0.222. The van der Waals surface area contributed by atoms with E-state index in [1.165, 1.54) is 0 Å². The van der Waals surface area contributed by atoms with Crippen LogP contribution in [0.2, 0.25) is 0 Å². The molecule has 1 heterocycles. The number of para-hydroxylation sites is 1. The number of ketones is 1. The largest absolute Gasteiger partial charge is 0.331 e. The van der Waals surface area contributed by atoms with E-state index in [0.717, 1.165) is 5.69 Å². The van der Waals surface area contributed by atoms with E-state index >= 15 is 0 Å². The van der Waals surface area contributed by atoms with Crippen molar-refractivity contribution < 1.29 is 14.3 Å². The van der Waals surface area contributed by atoms with E-state index in [1.807, 2.05) is 62.4 Å². The number of nitrogens with zero attached hydrogens (tertiary/aromatic N) is 1. The van der Waals surface area contributed by atoms with E-state index < -0.39 is 5.91 Å². The zero-order valence-electron chi connectivity index (χ0n) is 16.1. The molecular formula is C23H24N2O3. The van der Waals surface area contributed by atoms with Crippen LogP contribution >= 0.6 is 0 Å². The summed E-state index contributed by atoms with van der Waals surface area (Å²) in [4.78, 5) is 17.1. The molecule has 1 N–H and O–H groups in total. The van der Waals surface area contributed by atoms with Crippen molar-refractivity contribution >= 4 is 11.5 Å². The number of aromatic nitrogens is 1. The minimum absolute atomic E-state index is 0.149. The van der Waals surface area contributed by atoms with Crippen molar-refractivity contribution in [3.05, 3.63) is 95.8 Å². The maximum absolute atomic E-state index is 12.8. The zero-order valence-corrected chi connectivity index (χ0v) is 16.1. The van der Waals surface area contributed by atoms with Gasteiger partial charge >= 0.3 is 0 Å². The van der Waals surface area contributed by atoms with Crippen LogP contribution in [0.1, 0.15) is 35.5 Å². The quantitative estimate of drug-likeness (QED) is 0.437. The van der Waals surface area contributed by atoms with Crippen LogP contribution in [0.15, 0.2) is 79.0 Å². The Kier molecular flexibility index (Phi) is 6.53. The number of hydrogen-bond donors (Lipinski definition) is 1. The molecule has 3 rings (SSSR count). The number of ether oxygens (including phenoxy) is 2. The number of nitrogens with one attached hydrogen (secondary N) is 1. The molecule has 0 radical (unpaired) electrons. The van der Waals surface area contributed by atoms with E-state index in [-0.39, 0.29) is 5.78 Å². The molecule has 5 nitrogen and oxygen atoms in total. The fourth-order valence-electron chi connectivity index (χ4n) is 2.97. The van der Waals surface area contributed by atoms with Gasteiger partial charge in [0, 0.05) is 36.2 Å². The lowest BCUT2D eigenvalue weighted by Gasteiger charge is -2.35. The minimum Gasteiger partial charge on any atom is -0.331 e. The summed E-state index contributed by atoms with van der Waals surface area (Å²) in [5.74, 6) is -1.37. The van der Waals surface area contributed by atoms with Crippen LogP contribution in [0.4, 0.5) is 5.69 Å². The molecule has 1 aromatic heterocycles. The maximum Gasteiger partial charge on any atom is 0.277 e. The van der Waals surface area contributed by atoms with Gasteiger partial charge < -0.3 is 14.8 Å². The summed E-state index contributed by atoms with van der Waals surface area (Å²) in [6, 6.07) is 22.3. The molecule has 0 aliphatic carbocycles. The highest BCUT2D eigenvalue weighted by molar-refractivity contribution is 6.07. The predicted octanol–water partition coefficient (Wildman–Crippen LogP) is 4.61. The molecule has 0 atom stereocenters. The number of hydrogen-bond acceptors (Lipinski definition) is 5. The number of benzene rings is 2. The summed E-state index contributed by atoms with van der Waals surface area (Å²) >= 11 is 0. The monoisotopic (exact) mass is 376 g/mol. The van der Waals surface area contributed by atoms with Crippen LogP contribution in [-0.2, 0) is 15.4 Å². The molecule has 0 spiro atoms. The highest BCUT2D eigenvalue weighted by Gasteiger charge is 2.35. The first-order valence-electron chi connectivity index (χ1n) is 9.36. The number of pyridine rings is 1. The van der Waals surface area contributed by atoms with Crippen LogP contribution < -0.4 is 5.32 Å². The second-order valence-corrected chi connectivity index (χ2v) is 6.10. The van der Waals surface area contributed by atoms with E-state index in [1.54, 1.807) is 30.5 Å². The molecule has 5 heteroatoms. The van der Waals surface area contributed by atoms with Crippen molar-refractivity contribution in [2.45, 2.75) is 19.8 Å². The summed E-state index contributed by atoms with van der Waals surface area (Å²) in [6.07, 6.45) is 1.60. The van der Waals surface area contributed by atoms with Crippen molar-refractivity contribution in [2.24, 2.45) is 0 Å². The van der Waals surface area contributed by atoms with Gasteiger partial charge in [-0.3, -0.25) is 9.78 Å². The van der Waals surface area contributed by atoms with E-state index in [0.29, 0.717) is 30.0 Å². The molecule has 2 aromatic carbocycles. The van der Waals surface area contributed by atoms with Gasteiger partial charge in [0.25, 0.3) is 5.91 Å². The summed E-state index contributed by atoms with van der Waals surface area (Å²) in [6.45, 7) is 4.64. The normalized spacial score (nSPS) is 11.2. The summed E-state index contributed by atoms with van der Waals surface area (Å²) < 4.78 is 12.1. The van der Waals surface area contributed by atoms with Gasteiger partial charge in [0.1, 0.15) is 5.69 Å². The van der Waals surface area contributed by atoms with E-state index in [4.69, 9.17) is 9.47 Å². The summed E-state index contributed by atoms with van der Waals surface area (Å²) in [5, 5.41) is 3.33. The van der Waals surface area contributed by atoms with Gasteiger partial charge in [0.15, 0.2) is 0 Å². The molecule has 28 heavy (non-hydrogen) atoms. The summed E-state index contributed by atoms with van der Waals surface area (Å²) in [7, 11) is 0. The van der Waals surface area contributed by atoms with E-state index in [9.17, 15) is 4.79 Å². The molecule has 0 unspecified atom stereocenters. The van der Waals surface area contributed by atoms with Crippen LogP contribution in [0, 0.1) is 0 Å². The topological polar surface area (TPSA) is 60.4 Å². The third kappa shape index (κ3) is 4.44. The standard InChI is InChI=1S/C23H24N2O3/c1-3-27-23(28-4-2,25-20-13-9-6-10-14-20)19-15-16-24-21(17-19)22(26)18-11-7-5-8-12-18/h5-17,25H,3-4H2,1-2H3. The molecule has 3 aromatic rings. The van der Waals surface area contributed by atoms with Crippen LogP contribution in [0.5, 0.6) is 0 Å². The van der Waals surface area contributed by atoms with Gasteiger partial charge in [0.2, 0.25) is 5.78 Å².